The molecule has 2 aromatic carbocycles. The molecule has 4 aromatic rings. The van der Waals surface area contributed by atoms with Gasteiger partial charge in [-0.15, -0.1) is 0 Å². The number of pyridine rings is 2. The Hall–Kier alpha value is -2.73. The molecule has 0 aliphatic carbocycles. The lowest BCUT2D eigenvalue weighted by Crippen LogP contribution is -2.20. The van der Waals surface area contributed by atoms with Gasteiger partial charge in [0.25, 0.3) is 5.91 Å². The van der Waals surface area contributed by atoms with E-state index in [0.717, 1.165) is 28.4 Å². The number of nitrogens with zero attached hydrogens (tertiary/aromatic N) is 4. The Labute approximate surface area is 208 Å². The van der Waals surface area contributed by atoms with Crippen molar-refractivity contribution >= 4 is 80.1 Å². The molecule has 0 bridgehead atoms. The van der Waals surface area contributed by atoms with E-state index in [-0.39, 0.29) is 5.91 Å². The number of carbonyl (C=O) groups is 1. The first-order valence-corrected chi connectivity index (χ1v) is 11.3. The molecule has 8 heteroatoms. The maximum Gasteiger partial charge on any atom is 0.267 e. The fourth-order valence-electron chi connectivity index (χ4n) is 2.89. The molecule has 0 saturated carbocycles. The monoisotopic (exact) mass is 633 g/mol. The lowest BCUT2D eigenvalue weighted by atomic mass is 10.1. The van der Waals surface area contributed by atoms with Gasteiger partial charge < -0.3 is 5.32 Å². The van der Waals surface area contributed by atoms with Crippen LogP contribution in [-0.4, -0.2) is 15.9 Å². The van der Waals surface area contributed by atoms with Crippen LogP contribution in [0.1, 0.15) is 10.4 Å². The van der Waals surface area contributed by atoms with E-state index in [0.29, 0.717) is 5.56 Å². The van der Waals surface area contributed by atoms with E-state index in [1.54, 1.807) is 27.9 Å². The van der Waals surface area contributed by atoms with Crippen LogP contribution in [0.5, 0.6) is 0 Å². The van der Waals surface area contributed by atoms with Crippen LogP contribution in [-0.2, 0) is 0 Å². The second-order valence-corrected chi connectivity index (χ2v) is 8.46. The zero-order chi connectivity index (χ0) is 21.6. The molecule has 1 N–H and O–H groups in total. The number of nitrogens with one attached hydrogen (secondary N) is 1. The average molecular weight is 633 g/mol. The highest BCUT2D eigenvalue weighted by molar-refractivity contribution is 14.1. The van der Waals surface area contributed by atoms with Crippen molar-refractivity contribution in [2.75, 3.05) is 11.5 Å². The van der Waals surface area contributed by atoms with Gasteiger partial charge in [-0.3, -0.25) is 17.9 Å². The molecule has 0 radical (unpaired) electrons. The standard InChI is InChI=1S/C23H17I2N5O/c24-29(20-10-14-27-15-11-20)21-2-1-3-22(16-21)30(25)23(31)17-4-6-18(7-5-17)28-19-8-12-26-13-9-19/h1-16H,(H,26,28). The van der Waals surface area contributed by atoms with Crippen LogP contribution in [0.25, 0.3) is 0 Å². The lowest BCUT2D eigenvalue weighted by molar-refractivity contribution is 0.101. The minimum atomic E-state index is -0.0860. The Morgan fingerprint density at radius 3 is 1.97 bits per heavy atom. The van der Waals surface area contributed by atoms with E-state index in [4.69, 9.17) is 0 Å². The van der Waals surface area contributed by atoms with E-state index >= 15 is 0 Å². The SMILES string of the molecule is O=C(c1ccc(Nc2ccncc2)cc1)N(I)c1cccc(N(I)c2ccncc2)c1. The molecular weight excluding hydrogens is 616 g/mol. The van der Waals surface area contributed by atoms with Crippen LogP contribution >= 0.6 is 45.7 Å². The quantitative estimate of drug-likeness (QED) is 0.189. The average Bonchev–Trinajstić information content (AvgIpc) is 2.84. The number of aromatic nitrogens is 2. The van der Waals surface area contributed by atoms with E-state index in [1.165, 1.54) is 0 Å². The number of benzene rings is 2. The van der Waals surface area contributed by atoms with E-state index in [9.17, 15) is 4.79 Å². The number of halogens is 2. The maximum absolute atomic E-state index is 13.0. The summed E-state index contributed by atoms with van der Waals surface area (Å²) in [5.41, 5.74) is 5.24. The Morgan fingerprint density at radius 1 is 0.710 bits per heavy atom. The van der Waals surface area contributed by atoms with Crippen molar-refractivity contribution in [2.24, 2.45) is 0 Å². The van der Waals surface area contributed by atoms with Crippen molar-refractivity contribution in [2.45, 2.75) is 0 Å². The molecule has 6 nitrogen and oxygen atoms in total. The van der Waals surface area contributed by atoms with Gasteiger partial charge in [-0.25, -0.2) is 3.11 Å². The normalized spacial score (nSPS) is 10.4. The molecule has 0 aliphatic heterocycles. The fraction of sp³-hybridized carbons (Fsp3) is 0. The first kappa shape index (κ1) is 21.5. The summed E-state index contributed by atoms with van der Waals surface area (Å²) in [5, 5.41) is 3.29. The van der Waals surface area contributed by atoms with Gasteiger partial charge in [0.15, 0.2) is 0 Å². The highest BCUT2D eigenvalue weighted by Crippen LogP contribution is 2.33. The minimum Gasteiger partial charge on any atom is -0.355 e. The highest BCUT2D eigenvalue weighted by Gasteiger charge is 2.17. The molecule has 0 unspecified atom stereocenters. The lowest BCUT2D eigenvalue weighted by Gasteiger charge is -2.20. The van der Waals surface area contributed by atoms with Crippen molar-refractivity contribution in [3.63, 3.8) is 0 Å². The fourth-order valence-corrected chi connectivity index (χ4v) is 4.09. The van der Waals surface area contributed by atoms with Crippen molar-refractivity contribution in [3.8, 4) is 0 Å². The Balaban J connectivity index is 1.49. The maximum atomic E-state index is 13.0. The summed E-state index contributed by atoms with van der Waals surface area (Å²) in [7, 11) is 0. The smallest absolute Gasteiger partial charge is 0.267 e. The van der Waals surface area contributed by atoms with Crippen LogP contribution < -0.4 is 11.5 Å². The van der Waals surface area contributed by atoms with Gasteiger partial charge in [0.05, 0.1) is 62.8 Å². The summed E-state index contributed by atoms with van der Waals surface area (Å²) in [6, 6.07) is 22.9. The Morgan fingerprint density at radius 2 is 1.29 bits per heavy atom. The first-order chi connectivity index (χ1) is 15.1. The molecule has 1 amide bonds. The summed E-state index contributed by atoms with van der Waals surface area (Å²) in [6.45, 7) is 0. The summed E-state index contributed by atoms with van der Waals surface area (Å²) < 4.78 is 3.65. The van der Waals surface area contributed by atoms with Crippen molar-refractivity contribution in [3.05, 3.63) is 103 Å². The second kappa shape index (κ2) is 10.1. The third-order valence-electron chi connectivity index (χ3n) is 4.45. The number of rotatable bonds is 6. The van der Waals surface area contributed by atoms with Gasteiger partial charge in [-0.1, -0.05) is 6.07 Å². The van der Waals surface area contributed by atoms with Gasteiger partial charge in [0.2, 0.25) is 0 Å². The van der Waals surface area contributed by atoms with Crippen LogP contribution in [0.3, 0.4) is 0 Å². The zero-order valence-corrected chi connectivity index (χ0v) is 20.5. The third-order valence-corrected chi connectivity index (χ3v) is 6.56. The van der Waals surface area contributed by atoms with Crippen LogP contribution in [0, 0.1) is 0 Å². The summed E-state index contributed by atoms with van der Waals surface area (Å²) in [6.07, 6.45) is 6.97. The topological polar surface area (TPSA) is 61.4 Å². The van der Waals surface area contributed by atoms with Crippen molar-refractivity contribution in [1.82, 2.24) is 9.97 Å². The molecule has 4 rings (SSSR count). The number of hydrogen-bond donors (Lipinski definition) is 1. The summed E-state index contributed by atoms with van der Waals surface area (Å²) >= 11 is 4.29. The molecule has 0 aliphatic rings. The van der Waals surface area contributed by atoms with Crippen LogP contribution in [0.15, 0.2) is 97.6 Å². The number of carbonyl (C=O) groups excluding carboxylic acids is 1. The largest absolute Gasteiger partial charge is 0.355 e. The van der Waals surface area contributed by atoms with E-state index in [2.05, 4.69) is 38.1 Å². The van der Waals surface area contributed by atoms with Gasteiger partial charge in [0, 0.05) is 41.7 Å². The zero-order valence-electron chi connectivity index (χ0n) is 16.2. The van der Waals surface area contributed by atoms with Gasteiger partial charge in [-0.2, -0.15) is 0 Å². The predicted molar refractivity (Wildman–Crippen MR) is 142 cm³/mol. The molecule has 0 atom stereocenters. The Bertz CT molecular complexity index is 1160. The highest BCUT2D eigenvalue weighted by atomic mass is 127. The molecule has 0 spiro atoms. The molecule has 31 heavy (non-hydrogen) atoms. The second-order valence-electron chi connectivity index (χ2n) is 6.53. The number of amides is 1. The van der Waals surface area contributed by atoms with Gasteiger partial charge >= 0.3 is 0 Å². The molecule has 2 aromatic heterocycles. The third kappa shape index (κ3) is 5.31. The Kier molecular flexibility index (Phi) is 6.97. The minimum absolute atomic E-state index is 0.0860. The summed E-state index contributed by atoms with van der Waals surface area (Å²) in [4.78, 5) is 21.1. The van der Waals surface area contributed by atoms with Crippen LogP contribution in [0.2, 0.25) is 0 Å². The van der Waals surface area contributed by atoms with Gasteiger partial charge in [-0.05, 0) is 66.7 Å². The van der Waals surface area contributed by atoms with Crippen LogP contribution in [0.4, 0.5) is 28.4 Å². The molecule has 154 valence electrons. The van der Waals surface area contributed by atoms with Gasteiger partial charge in [0.1, 0.15) is 0 Å². The van der Waals surface area contributed by atoms with Crippen molar-refractivity contribution < 1.29 is 4.79 Å². The summed E-state index contributed by atoms with van der Waals surface area (Å²) in [5.74, 6) is -0.0860. The molecule has 0 saturated heterocycles. The van der Waals surface area contributed by atoms with Crippen molar-refractivity contribution in [1.29, 1.82) is 0 Å². The first-order valence-electron chi connectivity index (χ1n) is 9.35. The van der Waals surface area contributed by atoms with E-state index < -0.39 is 0 Å². The number of hydrogen-bond acceptors (Lipinski definition) is 5. The van der Waals surface area contributed by atoms with E-state index in [1.807, 2.05) is 98.8 Å². The molecule has 2 heterocycles. The molecular formula is C23H17I2N5O. The molecule has 0 fully saturated rings. The number of anilines is 5. The predicted octanol–water partition coefficient (Wildman–Crippen LogP) is 6.71.